The van der Waals surface area contributed by atoms with Crippen molar-refractivity contribution in [2.24, 2.45) is 0 Å². The van der Waals surface area contributed by atoms with Crippen molar-refractivity contribution >= 4 is 14.7 Å². The predicted molar refractivity (Wildman–Crippen MR) is 88.7 cm³/mol. The molecule has 0 saturated carbocycles. The topological polar surface area (TPSA) is 34.1 Å². The summed E-state index contributed by atoms with van der Waals surface area (Å²) in [6.45, 7) is 4.64. The van der Waals surface area contributed by atoms with E-state index in [1.807, 2.05) is 0 Å². The zero-order valence-electron chi connectivity index (χ0n) is 14.5. The van der Waals surface area contributed by atoms with E-state index < -0.39 is 49.0 Å². The summed E-state index contributed by atoms with van der Waals surface area (Å²) in [5.74, 6) is -0.841. The smallest absolute Gasteiger partial charge is 0.219 e. The molecule has 2 aromatic rings. The Balaban J connectivity index is 2.48. The minimum absolute atomic E-state index is 0.150. The molecule has 0 amide bonds. The van der Waals surface area contributed by atoms with E-state index in [4.69, 9.17) is 0 Å². The van der Waals surface area contributed by atoms with Gasteiger partial charge >= 0.3 is 18.0 Å². The highest BCUT2D eigenvalue weighted by Gasteiger charge is 2.73. The number of sulfone groups is 1. The van der Waals surface area contributed by atoms with Gasteiger partial charge in [0.05, 0.1) is 9.80 Å². The average molecular weight is 444 g/mol. The Bertz CT molecular complexity index is 1020. The van der Waals surface area contributed by atoms with Crippen LogP contribution in [-0.4, -0.2) is 20.8 Å². The molecule has 0 aromatic heterocycles. The Morgan fingerprint density at radius 3 is 1.76 bits per heavy atom. The summed E-state index contributed by atoms with van der Waals surface area (Å²) in [7, 11) is -4.41. The summed E-state index contributed by atoms with van der Waals surface area (Å²) in [5, 5.41) is 0. The van der Waals surface area contributed by atoms with Crippen LogP contribution in [0.5, 0.6) is 0 Å². The summed E-state index contributed by atoms with van der Waals surface area (Å²) in [5.41, 5.74) is -7.65. The zero-order valence-corrected chi connectivity index (χ0v) is 15.3. The molecule has 2 rings (SSSR count). The van der Waals surface area contributed by atoms with Crippen molar-refractivity contribution in [3.8, 4) is 0 Å². The van der Waals surface area contributed by atoms with Crippen LogP contribution in [0.4, 0.5) is 35.1 Å². The lowest BCUT2D eigenvalue weighted by Crippen LogP contribution is -2.50. The van der Waals surface area contributed by atoms with Crippen LogP contribution in [0, 0.1) is 12.7 Å². The van der Waals surface area contributed by atoms with Gasteiger partial charge in [-0.05, 0) is 30.2 Å². The van der Waals surface area contributed by atoms with E-state index >= 15 is 0 Å². The first-order chi connectivity index (χ1) is 13.0. The first-order valence-electron chi connectivity index (χ1n) is 7.67. The Labute approximate surface area is 160 Å². The number of hydrogen-bond acceptors (Lipinski definition) is 2. The fraction of sp³-hybridized carbons (Fsp3) is 0.222. The van der Waals surface area contributed by atoms with Gasteiger partial charge in [0.2, 0.25) is 9.84 Å². The molecule has 0 atom stereocenters. The van der Waals surface area contributed by atoms with Crippen molar-refractivity contribution < 1.29 is 43.5 Å². The number of rotatable bonds is 4. The Morgan fingerprint density at radius 1 is 0.862 bits per heavy atom. The van der Waals surface area contributed by atoms with Crippen molar-refractivity contribution in [3.63, 3.8) is 0 Å². The van der Waals surface area contributed by atoms with Crippen LogP contribution in [0.3, 0.4) is 0 Å². The first kappa shape index (κ1) is 22.9. The second-order valence-electron chi connectivity index (χ2n) is 6.07. The van der Waals surface area contributed by atoms with Gasteiger partial charge in [-0.15, -0.1) is 0 Å². The fourth-order valence-electron chi connectivity index (χ4n) is 2.41. The lowest BCUT2D eigenvalue weighted by molar-refractivity contribution is -0.348. The average Bonchev–Trinajstić information content (AvgIpc) is 2.60. The maximum atomic E-state index is 14.0. The van der Waals surface area contributed by atoms with Gasteiger partial charge in [-0.3, -0.25) is 0 Å². The second-order valence-corrected chi connectivity index (χ2v) is 8.04. The van der Waals surface area contributed by atoms with E-state index in [-0.39, 0.29) is 23.3 Å². The highest BCUT2D eigenvalue weighted by atomic mass is 32.2. The van der Waals surface area contributed by atoms with Crippen molar-refractivity contribution in [2.45, 2.75) is 29.8 Å². The van der Waals surface area contributed by atoms with Gasteiger partial charge in [-0.25, -0.2) is 17.2 Å². The van der Waals surface area contributed by atoms with Crippen molar-refractivity contribution in [3.05, 3.63) is 71.6 Å². The molecular formula is C18H12F8O2S. The van der Waals surface area contributed by atoms with Crippen LogP contribution in [0.2, 0.25) is 0 Å². The van der Waals surface area contributed by atoms with Crippen molar-refractivity contribution in [1.82, 2.24) is 0 Å². The molecule has 29 heavy (non-hydrogen) atoms. The molecule has 0 aliphatic heterocycles. The maximum absolute atomic E-state index is 14.0. The molecule has 0 aliphatic rings. The van der Waals surface area contributed by atoms with Gasteiger partial charge in [0.15, 0.2) is 0 Å². The number of hydrogen-bond donors (Lipinski definition) is 0. The standard InChI is InChI=1S/C18H12F8O2S/c1-10-3-8-14(9-15(10)19)29(27,28)11(2)12-4-6-13(7-5-12)16(20,17(21,22)23)18(24,25)26/h3-9H,2H2,1H3. The number of aryl methyl sites for hydroxylation is 1. The quantitative estimate of drug-likeness (QED) is 0.553. The van der Waals surface area contributed by atoms with Crippen LogP contribution in [0.25, 0.3) is 4.91 Å². The van der Waals surface area contributed by atoms with E-state index in [1.54, 1.807) is 0 Å². The van der Waals surface area contributed by atoms with E-state index in [1.165, 1.54) is 13.0 Å². The van der Waals surface area contributed by atoms with Crippen molar-refractivity contribution in [2.75, 3.05) is 0 Å². The summed E-state index contributed by atoms with van der Waals surface area (Å²) >= 11 is 0. The lowest BCUT2D eigenvalue weighted by atomic mass is 9.93. The molecular weight excluding hydrogens is 432 g/mol. The largest absolute Gasteiger partial charge is 0.435 e. The van der Waals surface area contributed by atoms with Gasteiger partial charge in [0, 0.05) is 5.56 Å². The van der Waals surface area contributed by atoms with Crippen LogP contribution in [0.15, 0.2) is 53.9 Å². The monoisotopic (exact) mass is 444 g/mol. The fourth-order valence-corrected chi connectivity index (χ4v) is 3.65. The van der Waals surface area contributed by atoms with Crippen LogP contribution in [0.1, 0.15) is 16.7 Å². The minimum atomic E-state index is -6.30. The lowest BCUT2D eigenvalue weighted by Gasteiger charge is -2.30. The molecule has 158 valence electrons. The highest BCUT2D eigenvalue weighted by Crippen LogP contribution is 2.53. The van der Waals surface area contributed by atoms with Crippen LogP contribution in [-0.2, 0) is 15.5 Å². The third kappa shape index (κ3) is 3.87. The minimum Gasteiger partial charge on any atom is -0.219 e. The molecule has 2 aromatic carbocycles. The molecule has 0 unspecified atom stereocenters. The van der Waals surface area contributed by atoms with Crippen LogP contribution >= 0.6 is 0 Å². The van der Waals surface area contributed by atoms with Gasteiger partial charge in [0.1, 0.15) is 5.82 Å². The third-order valence-electron chi connectivity index (χ3n) is 4.16. The summed E-state index contributed by atoms with van der Waals surface area (Å²) in [4.78, 5) is -1.23. The molecule has 0 spiro atoms. The zero-order chi connectivity index (χ0) is 22.4. The Hall–Kier alpha value is -2.43. The SMILES string of the molecule is C=C(c1ccc(C(F)(C(F)(F)F)C(F)(F)F)cc1)S(=O)(=O)c1ccc(C)c(F)c1. The molecule has 0 heterocycles. The third-order valence-corrected chi connectivity index (χ3v) is 5.92. The Kier molecular flexibility index (Phi) is 5.61. The maximum Gasteiger partial charge on any atom is 0.435 e. The molecule has 0 radical (unpaired) electrons. The van der Waals surface area contributed by atoms with E-state index in [0.29, 0.717) is 18.2 Å². The number of alkyl halides is 7. The van der Waals surface area contributed by atoms with Crippen LogP contribution < -0.4 is 0 Å². The molecule has 0 bridgehead atoms. The molecule has 0 fully saturated rings. The van der Waals surface area contributed by atoms with E-state index in [9.17, 15) is 43.5 Å². The highest BCUT2D eigenvalue weighted by molar-refractivity contribution is 8.00. The van der Waals surface area contributed by atoms with E-state index in [2.05, 4.69) is 6.58 Å². The second kappa shape index (κ2) is 7.12. The van der Waals surface area contributed by atoms with Gasteiger partial charge in [-0.1, -0.05) is 36.9 Å². The summed E-state index contributed by atoms with van der Waals surface area (Å²) in [6, 6.07) is 4.40. The van der Waals surface area contributed by atoms with Crippen molar-refractivity contribution in [1.29, 1.82) is 0 Å². The predicted octanol–water partition coefficient (Wildman–Crippen LogP) is 5.87. The molecule has 2 nitrogen and oxygen atoms in total. The first-order valence-corrected chi connectivity index (χ1v) is 9.15. The summed E-state index contributed by atoms with van der Waals surface area (Å²) < 4.78 is 129. The van der Waals surface area contributed by atoms with Gasteiger partial charge in [-0.2, -0.15) is 26.3 Å². The van der Waals surface area contributed by atoms with E-state index in [0.717, 1.165) is 6.07 Å². The molecule has 0 N–H and O–H groups in total. The Morgan fingerprint density at radius 2 is 1.34 bits per heavy atom. The number of halogens is 8. The van der Waals surface area contributed by atoms with Gasteiger partial charge < -0.3 is 0 Å². The normalized spacial score (nSPS) is 13.4. The molecule has 0 aliphatic carbocycles. The molecule has 11 heteroatoms. The number of benzene rings is 2. The van der Waals surface area contributed by atoms with Gasteiger partial charge in [0.25, 0.3) is 0 Å². The molecule has 0 saturated heterocycles. The summed E-state index contributed by atoms with van der Waals surface area (Å²) in [6.07, 6.45) is -12.6.